The summed E-state index contributed by atoms with van der Waals surface area (Å²) < 4.78 is 19.2. The molecule has 202 valence electrons. The van der Waals surface area contributed by atoms with Gasteiger partial charge in [0.25, 0.3) is 0 Å². The molecule has 2 atom stereocenters. The third kappa shape index (κ3) is 6.56. The first kappa shape index (κ1) is 27.3. The summed E-state index contributed by atoms with van der Waals surface area (Å²) in [6.07, 6.45) is 3.81. The van der Waals surface area contributed by atoms with E-state index in [0.29, 0.717) is 24.7 Å². The van der Waals surface area contributed by atoms with Crippen LogP contribution in [0.1, 0.15) is 30.9 Å². The fraction of sp³-hybridized carbons (Fsp3) is 0.393. The van der Waals surface area contributed by atoms with Crippen molar-refractivity contribution < 1.29 is 33.7 Å². The number of piperidine rings is 1. The zero-order valence-electron chi connectivity index (χ0n) is 21.0. The minimum atomic E-state index is -1.26. The Labute approximate surface area is 220 Å². The van der Waals surface area contributed by atoms with E-state index in [1.165, 1.54) is 12.1 Å². The number of aliphatic carboxylic acids is 2. The number of nitrogens with one attached hydrogen (secondary N) is 1. The summed E-state index contributed by atoms with van der Waals surface area (Å²) in [5, 5.41) is 18.7. The molecule has 3 saturated heterocycles. The van der Waals surface area contributed by atoms with Crippen molar-refractivity contribution in [2.24, 2.45) is 5.92 Å². The van der Waals surface area contributed by atoms with E-state index >= 15 is 0 Å². The van der Waals surface area contributed by atoms with Crippen LogP contribution in [-0.2, 0) is 19.1 Å². The fourth-order valence-electron chi connectivity index (χ4n) is 5.37. The molecule has 2 unspecified atom stereocenters. The van der Waals surface area contributed by atoms with Crippen LogP contribution in [0, 0.1) is 11.7 Å². The SMILES string of the molecule is O=C(O)C=CC(=O)O.O=C1NCN(c2ccccc2)C12CCN(CC1COC(c3ccc(F)cc3)C1)CC2. The van der Waals surface area contributed by atoms with E-state index in [2.05, 4.69) is 27.2 Å². The summed E-state index contributed by atoms with van der Waals surface area (Å²) in [4.78, 5) is 36.6. The van der Waals surface area contributed by atoms with Gasteiger partial charge >= 0.3 is 11.9 Å². The summed E-state index contributed by atoms with van der Waals surface area (Å²) in [7, 11) is 0. The van der Waals surface area contributed by atoms with Crippen LogP contribution in [0.4, 0.5) is 10.1 Å². The molecule has 0 aliphatic carbocycles. The molecule has 2 aromatic rings. The lowest BCUT2D eigenvalue weighted by molar-refractivity contribution is -0.134. The highest BCUT2D eigenvalue weighted by Crippen LogP contribution is 2.38. The summed E-state index contributed by atoms with van der Waals surface area (Å²) >= 11 is 0. The Bertz CT molecular complexity index is 1130. The number of halogens is 1. The van der Waals surface area contributed by atoms with Gasteiger partial charge in [0, 0.05) is 37.5 Å². The number of para-hydroxylation sites is 1. The van der Waals surface area contributed by atoms with E-state index in [-0.39, 0.29) is 17.8 Å². The first-order valence-corrected chi connectivity index (χ1v) is 12.6. The molecule has 0 bridgehead atoms. The van der Waals surface area contributed by atoms with Crippen LogP contribution in [0.3, 0.4) is 0 Å². The minimum Gasteiger partial charge on any atom is -0.478 e. The molecule has 10 heteroatoms. The molecule has 5 rings (SSSR count). The highest BCUT2D eigenvalue weighted by molar-refractivity contribution is 5.93. The monoisotopic (exact) mass is 525 g/mol. The third-order valence-electron chi connectivity index (χ3n) is 7.30. The van der Waals surface area contributed by atoms with E-state index in [1.54, 1.807) is 0 Å². The number of nitrogens with zero attached hydrogens (tertiary/aromatic N) is 2. The maximum Gasteiger partial charge on any atom is 0.328 e. The van der Waals surface area contributed by atoms with Crippen LogP contribution in [0.5, 0.6) is 0 Å². The Morgan fingerprint density at radius 1 is 1.03 bits per heavy atom. The van der Waals surface area contributed by atoms with Crippen LogP contribution < -0.4 is 10.2 Å². The maximum atomic E-state index is 13.2. The second kappa shape index (κ2) is 12.2. The Morgan fingerprint density at radius 3 is 2.26 bits per heavy atom. The van der Waals surface area contributed by atoms with Crippen LogP contribution in [0.2, 0.25) is 0 Å². The number of hydrogen-bond acceptors (Lipinski definition) is 6. The number of hydrogen-bond donors (Lipinski definition) is 3. The van der Waals surface area contributed by atoms with Crippen LogP contribution in [0.25, 0.3) is 0 Å². The summed E-state index contributed by atoms with van der Waals surface area (Å²) in [5.74, 6) is -2.10. The topological polar surface area (TPSA) is 119 Å². The van der Waals surface area contributed by atoms with Gasteiger partial charge in [-0.2, -0.15) is 0 Å². The third-order valence-corrected chi connectivity index (χ3v) is 7.30. The minimum absolute atomic E-state index is 0.0564. The number of benzene rings is 2. The average Bonchev–Trinajstić information content (AvgIpc) is 3.50. The van der Waals surface area contributed by atoms with E-state index < -0.39 is 17.5 Å². The molecule has 3 fully saturated rings. The van der Waals surface area contributed by atoms with E-state index in [9.17, 15) is 18.8 Å². The lowest BCUT2D eigenvalue weighted by Gasteiger charge is -2.43. The molecule has 2 aromatic carbocycles. The molecular formula is C28H32FN3O6. The van der Waals surface area contributed by atoms with Gasteiger partial charge < -0.3 is 30.1 Å². The standard InChI is InChI=1S/C24H28FN3O2.C4H4O4/c25-20-8-6-19(7-9-20)22-14-18(16-30-22)15-27-12-10-24(11-13-27)23(29)26-17-28(24)21-4-2-1-3-5-21;5-3(6)1-2-4(7)8/h1-9,18,22H,10-17H2,(H,26,29);1-2H,(H,5,6)(H,7,8). The number of rotatable bonds is 6. The first-order valence-electron chi connectivity index (χ1n) is 12.6. The fourth-order valence-corrected chi connectivity index (χ4v) is 5.37. The molecule has 9 nitrogen and oxygen atoms in total. The smallest absolute Gasteiger partial charge is 0.328 e. The van der Waals surface area contributed by atoms with Gasteiger partial charge in [-0.15, -0.1) is 0 Å². The van der Waals surface area contributed by atoms with Gasteiger partial charge in [-0.25, -0.2) is 14.0 Å². The van der Waals surface area contributed by atoms with Gasteiger partial charge in [0.2, 0.25) is 5.91 Å². The number of carbonyl (C=O) groups is 3. The zero-order chi connectivity index (χ0) is 27.1. The quantitative estimate of drug-likeness (QED) is 0.493. The van der Waals surface area contributed by atoms with Gasteiger partial charge in [0.1, 0.15) is 11.4 Å². The predicted molar refractivity (Wildman–Crippen MR) is 138 cm³/mol. The summed E-state index contributed by atoms with van der Waals surface area (Å²) in [5.41, 5.74) is 1.73. The van der Waals surface area contributed by atoms with Crippen molar-refractivity contribution in [1.82, 2.24) is 10.2 Å². The van der Waals surface area contributed by atoms with Crippen molar-refractivity contribution in [3.8, 4) is 0 Å². The molecule has 1 spiro atoms. The number of likely N-dealkylation sites (tertiary alicyclic amines) is 1. The van der Waals surface area contributed by atoms with Crippen LogP contribution in [-0.4, -0.2) is 71.4 Å². The van der Waals surface area contributed by atoms with Gasteiger partial charge in [-0.3, -0.25) is 4.79 Å². The van der Waals surface area contributed by atoms with Crippen molar-refractivity contribution in [3.63, 3.8) is 0 Å². The predicted octanol–water partition coefficient (Wildman–Crippen LogP) is 3.04. The van der Waals surface area contributed by atoms with Crippen molar-refractivity contribution in [3.05, 3.63) is 78.1 Å². The Kier molecular flexibility index (Phi) is 8.75. The largest absolute Gasteiger partial charge is 0.478 e. The van der Waals surface area contributed by atoms with Crippen molar-refractivity contribution in [1.29, 1.82) is 0 Å². The Balaban J connectivity index is 0.000000368. The average molecular weight is 526 g/mol. The maximum absolute atomic E-state index is 13.2. The molecule has 0 saturated carbocycles. The van der Waals surface area contributed by atoms with Crippen molar-refractivity contribution in [2.45, 2.75) is 30.9 Å². The number of amides is 1. The Hall–Kier alpha value is -3.76. The first-order chi connectivity index (χ1) is 18.3. The zero-order valence-corrected chi connectivity index (χ0v) is 21.0. The Morgan fingerprint density at radius 2 is 1.66 bits per heavy atom. The van der Waals surface area contributed by atoms with Crippen LogP contribution in [0.15, 0.2) is 66.7 Å². The lowest BCUT2D eigenvalue weighted by atomic mass is 9.85. The molecule has 0 aromatic heterocycles. The van der Waals surface area contributed by atoms with Gasteiger partial charge in [-0.1, -0.05) is 30.3 Å². The van der Waals surface area contributed by atoms with Gasteiger partial charge in [0.15, 0.2) is 0 Å². The summed E-state index contributed by atoms with van der Waals surface area (Å²) in [6.45, 7) is 4.13. The van der Waals surface area contributed by atoms with E-state index in [0.717, 1.165) is 56.8 Å². The molecule has 38 heavy (non-hydrogen) atoms. The molecule has 3 aliphatic heterocycles. The lowest BCUT2D eigenvalue weighted by Crippen LogP contribution is -2.56. The van der Waals surface area contributed by atoms with E-state index in [1.807, 2.05) is 30.3 Å². The second-order valence-electron chi connectivity index (χ2n) is 9.74. The molecule has 3 aliphatic rings. The van der Waals surface area contributed by atoms with Gasteiger partial charge in [-0.05, 0) is 55.0 Å². The van der Waals surface area contributed by atoms with Crippen molar-refractivity contribution in [2.75, 3.05) is 37.8 Å². The van der Waals surface area contributed by atoms with Gasteiger partial charge in [0.05, 0.1) is 19.4 Å². The highest BCUT2D eigenvalue weighted by atomic mass is 19.1. The molecule has 1 amide bonds. The number of carboxylic acid groups (broad SMARTS) is 2. The molecule has 3 N–H and O–H groups in total. The number of carboxylic acids is 2. The number of anilines is 1. The highest BCUT2D eigenvalue weighted by Gasteiger charge is 2.50. The van der Waals surface area contributed by atoms with Crippen molar-refractivity contribution >= 4 is 23.5 Å². The number of carbonyl (C=O) groups excluding carboxylic acids is 1. The number of ether oxygens (including phenoxy) is 1. The van der Waals surface area contributed by atoms with Crippen LogP contribution >= 0.6 is 0 Å². The molecular weight excluding hydrogens is 493 g/mol. The normalized spacial score (nSPS) is 22.8. The second-order valence-corrected chi connectivity index (χ2v) is 9.74. The molecule has 0 radical (unpaired) electrons. The summed E-state index contributed by atoms with van der Waals surface area (Å²) in [6, 6.07) is 16.9. The van der Waals surface area contributed by atoms with E-state index in [4.69, 9.17) is 14.9 Å². The molecule has 3 heterocycles.